The highest BCUT2D eigenvalue weighted by Gasteiger charge is 2.31. The average molecular weight is 251 g/mol. The number of hydrogen-bond acceptors (Lipinski definition) is 2. The second-order valence-electron chi connectivity index (χ2n) is 3.93. The van der Waals surface area contributed by atoms with Crippen molar-refractivity contribution in [3.8, 4) is 5.75 Å². The molecule has 1 unspecified atom stereocenters. The van der Waals surface area contributed by atoms with Crippen LogP contribution in [0.3, 0.4) is 0 Å². The molecule has 96 valence electrons. The van der Waals surface area contributed by atoms with E-state index in [4.69, 9.17) is 10.5 Å². The van der Waals surface area contributed by atoms with Gasteiger partial charge in [0, 0.05) is 6.54 Å². The highest BCUT2D eigenvalue weighted by molar-refractivity contribution is 5.30. The summed E-state index contributed by atoms with van der Waals surface area (Å²) >= 11 is 0. The molecule has 0 spiro atoms. The Labute approximate surface area is 96.4 Å². The molecule has 0 amide bonds. The highest BCUT2D eigenvalue weighted by atomic mass is 19.4. The zero-order valence-electron chi connectivity index (χ0n) is 9.22. The van der Waals surface area contributed by atoms with E-state index in [9.17, 15) is 17.6 Å². The molecule has 6 heteroatoms. The molecule has 2 nitrogen and oxygen atoms in total. The summed E-state index contributed by atoms with van der Waals surface area (Å²) < 4.78 is 55.4. The van der Waals surface area contributed by atoms with E-state index in [0.717, 1.165) is 12.1 Å². The lowest BCUT2D eigenvalue weighted by Gasteiger charge is -2.18. The van der Waals surface area contributed by atoms with Crippen molar-refractivity contribution in [1.29, 1.82) is 0 Å². The van der Waals surface area contributed by atoms with E-state index in [2.05, 4.69) is 0 Å². The van der Waals surface area contributed by atoms with Crippen LogP contribution in [0.1, 0.15) is 12.5 Å². The Morgan fingerprint density at radius 3 is 2.41 bits per heavy atom. The SMILES string of the molecule is CC(F)(CN)COc1cccc(C(F)(F)F)c1. The highest BCUT2D eigenvalue weighted by Crippen LogP contribution is 2.31. The van der Waals surface area contributed by atoms with Crippen LogP contribution < -0.4 is 10.5 Å². The molecular weight excluding hydrogens is 238 g/mol. The first-order valence-electron chi connectivity index (χ1n) is 4.94. The molecule has 0 aliphatic rings. The molecule has 1 aromatic carbocycles. The Bertz CT molecular complexity index is 376. The molecule has 0 saturated carbocycles. The number of ether oxygens (including phenoxy) is 1. The Hall–Kier alpha value is -1.30. The standard InChI is InChI=1S/C11H13F4NO/c1-10(12,6-16)7-17-9-4-2-3-8(5-9)11(13,14)15/h2-5H,6-7,16H2,1H3. The average Bonchev–Trinajstić information content (AvgIpc) is 2.26. The molecule has 1 aromatic rings. The fourth-order valence-electron chi connectivity index (χ4n) is 1.05. The van der Waals surface area contributed by atoms with Gasteiger partial charge in [0.05, 0.1) is 5.56 Å². The van der Waals surface area contributed by atoms with Gasteiger partial charge in [-0.15, -0.1) is 0 Å². The van der Waals surface area contributed by atoms with Gasteiger partial charge in [-0.1, -0.05) is 6.07 Å². The maximum Gasteiger partial charge on any atom is 0.416 e. The van der Waals surface area contributed by atoms with E-state index >= 15 is 0 Å². The van der Waals surface area contributed by atoms with E-state index in [1.807, 2.05) is 0 Å². The topological polar surface area (TPSA) is 35.2 Å². The van der Waals surface area contributed by atoms with Crippen LogP contribution in [0.4, 0.5) is 17.6 Å². The largest absolute Gasteiger partial charge is 0.490 e. The predicted octanol–water partition coefficient (Wildman–Crippen LogP) is 2.77. The van der Waals surface area contributed by atoms with Crippen LogP contribution in [0.15, 0.2) is 24.3 Å². The number of rotatable bonds is 4. The normalized spacial score (nSPS) is 15.4. The van der Waals surface area contributed by atoms with Gasteiger partial charge in [0.1, 0.15) is 12.4 Å². The summed E-state index contributed by atoms with van der Waals surface area (Å²) in [5.74, 6) is -0.0304. The van der Waals surface area contributed by atoms with Crippen LogP contribution in [0.2, 0.25) is 0 Å². The zero-order valence-corrected chi connectivity index (χ0v) is 9.22. The molecule has 0 aliphatic carbocycles. The molecule has 0 radical (unpaired) electrons. The number of benzene rings is 1. The molecule has 2 N–H and O–H groups in total. The smallest absolute Gasteiger partial charge is 0.416 e. The van der Waals surface area contributed by atoms with E-state index in [1.54, 1.807) is 0 Å². The lowest BCUT2D eigenvalue weighted by molar-refractivity contribution is -0.137. The van der Waals surface area contributed by atoms with Crippen molar-refractivity contribution >= 4 is 0 Å². The Kier molecular flexibility index (Phi) is 3.98. The number of halogens is 4. The van der Waals surface area contributed by atoms with Gasteiger partial charge in [-0.2, -0.15) is 13.2 Å². The fraction of sp³-hybridized carbons (Fsp3) is 0.455. The Morgan fingerprint density at radius 2 is 1.88 bits per heavy atom. The summed E-state index contributed by atoms with van der Waals surface area (Å²) in [5, 5.41) is 0. The van der Waals surface area contributed by atoms with Crippen molar-refractivity contribution in [3.05, 3.63) is 29.8 Å². The summed E-state index contributed by atoms with van der Waals surface area (Å²) in [4.78, 5) is 0. The zero-order chi connectivity index (χ0) is 13.1. The first-order valence-corrected chi connectivity index (χ1v) is 4.94. The minimum absolute atomic E-state index is 0.0304. The maximum absolute atomic E-state index is 13.4. The van der Waals surface area contributed by atoms with Crippen LogP contribution in [0.25, 0.3) is 0 Å². The van der Waals surface area contributed by atoms with Crippen molar-refractivity contribution in [2.45, 2.75) is 18.8 Å². The third-order valence-electron chi connectivity index (χ3n) is 2.13. The van der Waals surface area contributed by atoms with Crippen LogP contribution >= 0.6 is 0 Å². The Morgan fingerprint density at radius 1 is 1.24 bits per heavy atom. The van der Waals surface area contributed by atoms with E-state index in [0.29, 0.717) is 0 Å². The molecule has 17 heavy (non-hydrogen) atoms. The Balaban J connectivity index is 2.74. The first kappa shape index (κ1) is 13.8. The summed E-state index contributed by atoms with van der Waals surface area (Å²) in [6.07, 6.45) is -4.44. The number of nitrogens with two attached hydrogens (primary N) is 1. The van der Waals surface area contributed by atoms with Crippen molar-refractivity contribution < 1.29 is 22.3 Å². The molecule has 0 aliphatic heterocycles. The summed E-state index contributed by atoms with van der Waals surface area (Å²) in [6.45, 7) is 0.581. The molecular formula is C11H13F4NO. The van der Waals surface area contributed by atoms with Gasteiger partial charge in [-0.05, 0) is 25.1 Å². The lowest BCUT2D eigenvalue weighted by atomic mass is 10.1. The fourth-order valence-corrected chi connectivity index (χ4v) is 1.05. The van der Waals surface area contributed by atoms with Gasteiger partial charge in [-0.25, -0.2) is 4.39 Å². The van der Waals surface area contributed by atoms with Gasteiger partial charge < -0.3 is 10.5 Å². The van der Waals surface area contributed by atoms with Crippen molar-refractivity contribution in [2.24, 2.45) is 5.73 Å². The van der Waals surface area contributed by atoms with Gasteiger partial charge in [-0.3, -0.25) is 0 Å². The number of hydrogen-bond donors (Lipinski definition) is 1. The van der Waals surface area contributed by atoms with Crippen LogP contribution in [0.5, 0.6) is 5.75 Å². The molecule has 0 bridgehead atoms. The molecule has 0 heterocycles. The predicted molar refractivity (Wildman–Crippen MR) is 55.5 cm³/mol. The quantitative estimate of drug-likeness (QED) is 0.835. The molecule has 1 rings (SSSR count). The summed E-state index contributed by atoms with van der Waals surface area (Å²) in [6, 6.07) is 4.29. The van der Waals surface area contributed by atoms with Gasteiger partial charge >= 0.3 is 6.18 Å². The van der Waals surface area contributed by atoms with Gasteiger partial charge in [0.25, 0.3) is 0 Å². The summed E-state index contributed by atoms with van der Waals surface area (Å²) in [7, 11) is 0. The minimum Gasteiger partial charge on any atom is -0.490 e. The molecule has 1 atom stereocenters. The minimum atomic E-state index is -4.44. The van der Waals surface area contributed by atoms with Crippen molar-refractivity contribution in [1.82, 2.24) is 0 Å². The maximum atomic E-state index is 13.4. The van der Waals surface area contributed by atoms with E-state index in [1.165, 1.54) is 19.1 Å². The first-order chi connectivity index (χ1) is 7.74. The van der Waals surface area contributed by atoms with Crippen LogP contribution in [-0.2, 0) is 6.18 Å². The van der Waals surface area contributed by atoms with Crippen molar-refractivity contribution in [3.63, 3.8) is 0 Å². The molecule has 0 saturated heterocycles. The molecule has 0 fully saturated rings. The monoisotopic (exact) mass is 251 g/mol. The van der Waals surface area contributed by atoms with Crippen LogP contribution in [-0.4, -0.2) is 18.8 Å². The second-order valence-corrected chi connectivity index (χ2v) is 3.93. The summed E-state index contributed by atoms with van der Waals surface area (Å²) in [5.41, 5.74) is 2.55. The second kappa shape index (κ2) is 4.91. The third-order valence-corrected chi connectivity index (χ3v) is 2.13. The molecule has 0 aromatic heterocycles. The van der Waals surface area contributed by atoms with Crippen LogP contribution in [0, 0.1) is 0 Å². The number of alkyl halides is 4. The van der Waals surface area contributed by atoms with Crippen molar-refractivity contribution in [2.75, 3.05) is 13.2 Å². The third kappa shape index (κ3) is 4.22. The van der Waals surface area contributed by atoms with E-state index in [-0.39, 0.29) is 18.9 Å². The van der Waals surface area contributed by atoms with E-state index < -0.39 is 17.4 Å². The van der Waals surface area contributed by atoms with Gasteiger partial charge in [0.15, 0.2) is 5.67 Å². The lowest BCUT2D eigenvalue weighted by Crippen LogP contribution is -2.35. The van der Waals surface area contributed by atoms with Gasteiger partial charge in [0.2, 0.25) is 0 Å².